The van der Waals surface area contributed by atoms with Crippen LogP contribution in [0.5, 0.6) is 11.5 Å². The number of phenols is 1. The number of nitrogens with zero attached hydrogens (tertiary/aromatic N) is 2. The van der Waals surface area contributed by atoms with Gasteiger partial charge in [0.1, 0.15) is 0 Å². The lowest BCUT2D eigenvalue weighted by Crippen LogP contribution is -2.74. The number of aromatic hydroxyl groups is 1. The minimum absolute atomic E-state index is 0.0933. The summed E-state index contributed by atoms with van der Waals surface area (Å²) >= 11 is 0. The van der Waals surface area contributed by atoms with E-state index in [1.54, 1.807) is 0 Å². The van der Waals surface area contributed by atoms with E-state index < -0.39 is 11.0 Å². The third kappa shape index (κ3) is 1.93. The van der Waals surface area contributed by atoms with E-state index in [4.69, 9.17) is 4.74 Å². The fourth-order valence-corrected chi connectivity index (χ4v) is 8.84. The van der Waals surface area contributed by atoms with Crippen LogP contribution in [0.25, 0.3) is 10.9 Å². The van der Waals surface area contributed by atoms with Crippen molar-refractivity contribution < 1.29 is 14.9 Å². The highest BCUT2D eigenvalue weighted by Crippen LogP contribution is 2.69. The average Bonchev–Trinajstić information content (AvgIpc) is 3.50. The van der Waals surface area contributed by atoms with E-state index in [2.05, 4.69) is 33.7 Å². The molecule has 1 saturated carbocycles. The zero-order chi connectivity index (χ0) is 22.4. The van der Waals surface area contributed by atoms with E-state index in [1.165, 1.54) is 46.1 Å². The standard InChI is InChI=1S/C29H30N2O3/c32-21-9-8-18-13-22-29(33)14-20-19-5-1-3-17-4-2-11-31(24(17)19)25(20)27-28(29,23(18)26(21)34-27)10-12-30(22)15-16-6-7-16/h1,3,5,8-9,16,22,27,32-33H,2,4,6-7,10-15H2/t22-,27-,28-,29+/m0/s1. The molecule has 5 nitrogen and oxygen atoms in total. The Bertz CT molecular complexity index is 1420. The van der Waals surface area contributed by atoms with Crippen LogP contribution in [0.1, 0.15) is 59.7 Å². The van der Waals surface area contributed by atoms with Crippen molar-refractivity contribution in [1.82, 2.24) is 9.47 Å². The highest BCUT2D eigenvalue weighted by molar-refractivity contribution is 5.90. The van der Waals surface area contributed by atoms with Gasteiger partial charge in [0.15, 0.2) is 17.6 Å². The van der Waals surface area contributed by atoms with Crippen molar-refractivity contribution in [1.29, 1.82) is 0 Å². The molecule has 2 fully saturated rings. The summed E-state index contributed by atoms with van der Waals surface area (Å²) in [6, 6.07) is 10.7. The van der Waals surface area contributed by atoms with Gasteiger partial charge in [-0.2, -0.15) is 0 Å². The molecule has 4 atom stereocenters. The maximum Gasteiger partial charge on any atom is 0.166 e. The fraction of sp³-hybridized carbons (Fsp3) is 0.517. The summed E-state index contributed by atoms with van der Waals surface area (Å²) in [6.07, 6.45) is 7.06. The number of likely N-dealkylation sites (tertiary alicyclic amines) is 1. The molecule has 0 radical (unpaired) electrons. The number of aliphatic hydroxyl groups is 1. The molecule has 174 valence electrons. The first-order chi connectivity index (χ1) is 16.6. The largest absolute Gasteiger partial charge is 0.504 e. The Kier molecular flexibility index (Phi) is 3.22. The molecule has 0 unspecified atom stereocenters. The van der Waals surface area contributed by atoms with Gasteiger partial charge in [-0.25, -0.2) is 0 Å². The molecule has 2 aromatic carbocycles. The Morgan fingerprint density at radius 1 is 1.09 bits per heavy atom. The third-order valence-corrected chi connectivity index (χ3v) is 10.4. The smallest absolute Gasteiger partial charge is 0.166 e. The molecule has 3 aliphatic heterocycles. The molecule has 9 rings (SSSR count). The van der Waals surface area contributed by atoms with Crippen molar-refractivity contribution in [2.24, 2.45) is 5.92 Å². The number of aromatic nitrogens is 1. The monoisotopic (exact) mass is 454 g/mol. The van der Waals surface area contributed by atoms with Gasteiger partial charge in [-0.05, 0) is 73.7 Å². The number of benzene rings is 2. The van der Waals surface area contributed by atoms with Crippen LogP contribution in [-0.4, -0.2) is 44.4 Å². The normalized spacial score (nSPS) is 34.6. The van der Waals surface area contributed by atoms with Gasteiger partial charge in [0.2, 0.25) is 0 Å². The van der Waals surface area contributed by atoms with Crippen molar-refractivity contribution in [3.63, 3.8) is 0 Å². The van der Waals surface area contributed by atoms with Crippen molar-refractivity contribution in [3.05, 3.63) is 58.3 Å². The number of rotatable bonds is 2. The number of ether oxygens (including phenoxy) is 1. The van der Waals surface area contributed by atoms with Gasteiger partial charge in [-0.15, -0.1) is 0 Å². The number of hydrogen-bond donors (Lipinski definition) is 2. The Balaban J connectivity index is 1.36. The summed E-state index contributed by atoms with van der Waals surface area (Å²) in [4.78, 5) is 2.61. The van der Waals surface area contributed by atoms with Gasteiger partial charge in [-0.3, -0.25) is 4.90 Å². The van der Waals surface area contributed by atoms with Crippen molar-refractivity contribution >= 4 is 10.9 Å². The number of piperidine rings is 1. The van der Waals surface area contributed by atoms with Crippen LogP contribution in [0.2, 0.25) is 0 Å². The van der Waals surface area contributed by atoms with Crippen LogP contribution >= 0.6 is 0 Å². The molecule has 6 aliphatic rings. The lowest BCUT2D eigenvalue weighted by atomic mass is 9.49. The van der Waals surface area contributed by atoms with Gasteiger partial charge < -0.3 is 19.5 Å². The number of hydrogen-bond acceptors (Lipinski definition) is 4. The minimum Gasteiger partial charge on any atom is -0.504 e. The second kappa shape index (κ2) is 5.83. The topological polar surface area (TPSA) is 57.9 Å². The van der Waals surface area contributed by atoms with E-state index in [1.807, 2.05) is 6.07 Å². The molecule has 1 spiro atoms. The van der Waals surface area contributed by atoms with Gasteiger partial charge in [0.25, 0.3) is 0 Å². The summed E-state index contributed by atoms with van der Waals surface area (Å²) in [6.45, 7) is 3.11. The zero-order valence-corrected chi connectivity index (χ0v) is 19.4. The van der Waals surface area contributed by atoms with E-state index in [0.29, 0.717) is 12.2 Å². The van der Waals surface area contributed by atoms with Crippen molar-refractivity contribution in [2.75, 3.05) is 13.1 Å². The van der Waals surface area contributed by atoms with E-state index in [-0.39, 0.29) is 17.9 Å². The predicted molar refractivity (Wildman–Crippen MR) is 128 cm³/mol. The van der Waals surface area contributed by atoms with E-state index >= 15 is 0 Å². The van der Waals surface area contributed by atoms with Crippen LogP contribution in [0.15, 0.2) is 30.3 Å². The molecule has 1 aromatic heterocycles. The van der Waals surface area contributed by atoms with Crippen molar-refractivity contribution in [2.45, 2.75) is 74.7 Å². The molecule has 34 heavy (non-hydrogen) atoms. The summed E-state index contributed by atoms with van der Waals surface area (Å²) in [5, 5.41) is 25.2. The lowest BCUT2D eigenvalue weighted by molar-refractivity contribution is -0.173. The van der Waals surface area contributed by atoms with Gasteiger partial charge in [-0.1, -0.05) is 24.3 Å². The fourth-order valence-electron chi connectivity index (χ4n) is 8.84. The highest BCUT2D eigenvalue weighted by Gasteiger charge is 2.73. The Morgan fingerprint density at radius 3 is 2.88 bits per heavy atom. The second-order valence-electron chi connectivity index (χ2n) is 11.9. The Morgan fingerprint density at radius 2 is 2.00 bits per heavy atom. The molecule has 2 bridgehead atoms. The Labute approximate surface area is 198 Å². The zero-order valence-electron chi connectivity index (χ0n) is 19.4. The van der Waals surface area contributed by atoms with Gasteiger partial charge in [0, 0.05) is 36.5 Å². The van der Waals surface area contributed by atoms with Gasteiger partial charge >= 0.3 is 0 Å². The lowest BCUT2D eigenvalue weighted by Gasteiger charge is -2.63. The highest BCUT2D eigenvalue weighted by atomic mass is 16.5. The molecular formula is C29H30N2O3. The number of phenolic OH excluding ortho intramolecular Hbond substituents is 1. The third-order valence-electron chi connectivity index (χ3n) is 10.4. The summed E-state index contributed by atoms with van der Waals surface area (Å²) < 4.78 is 9.34. The van der Waals surface area contributed by atoms with Crippen LogP contribution in [-0.2, 0) is 31.2 Å². The molecule has 3 aliphatic carbocycles. The quantitative estimate of drug-likeness (QED) is 0.615. The average molecular weight is 455 g/mol. The minimum atomic E-state index is -0.896. The molecule has 1 saturated heterocycles. The maximum atomic E-state index is 13.0. The van der Waals surface area contributed by atoms with Crippen LogP contribution in [0, 0.1) is 5.92 Å². The van der Waals surface area contributed by atoms with Crippen LogP contribution in [0.3, 0.4) is 0 Å². The SMILES string of the molecule is Oc1ccc2c3c1O[C@H]1c4c(c5cccc6c5n4CCC6)C[C@@]4(O)[C@H](C2)N(CC2CC2)CC[C@]314. The van der Waals surface area contributed by atoms with Crippen LogP contribution in [0.4, 0.5) is 0 Å². The first-order valence-corrected chi connectivity index (χ1v) is 13.2. The molecule has 5 heteroatoms. The Hall–Kier alpha value is -2.50. The predicted octanol–water partition coefficient (Wildman–Crippen LogP) is 3.99. The molecule has 3 aromatic rings. The van der Waals surface area contributed by atoms with Crippen LogP contribution < -0.4 is 4.74 Å². The summed E-state index contributed by atoms with van der Waals surface area (Å²) in [5.74, 6) is 1.65. The first kappa shape index (κ1) is 18.8. The molecule has 0 amide bonds. The number of para-hydroxylation sites is 1. The van der Waals surface area contributed by atoms with E-state index in [9.17, 15) is 10.2 Å². The molecule has 4 heterocycles. The van der Waals surface area contributed by atoms with Gasteiger partial charge in [0.05, 0.1) is 22.2 Å². The summed E-state index contributed by atoms with van der Waals surface area (Å²) in [5.41, 5.74) is 6.32. The number of aryl methyl sites for hydroxylation is 2. The molecular weight excluding hydrogens is 424 g/mol. The second-order valence-corrected chi connectivity index (χ2v) is 11.9. The van der Waals surface area contributed by atoms with E-state index in [0.717, 1.165) is 56.8 Å². The molecule has 2 N–H and O–H groups in total. The first-order valence-electron chi connectivity index (χ1n) is 13.2. The van der Waals surface area contributed by atoms with Crippen molar-refractivity contribution in [3.8, 4) is 11.5 Å². The number of fused-ring (bicyclic) bond motifs is 4. The maximum absolute atomic E-state index is 13.0. The summed E-state index contributed by atoms with van der Waals surface area (Å²) in [7, 11) is 0.